The number of aromatic nitrogens is 1. The van der Waals surface area contributed by atoms with Crippen LogP contribution >= 0.6 is 0 Å². The van der Waals surface area contributed by atoms with E-state index in [0.29, 0.717) is 12.1 Å². The highest BCUT2D eigenvalue weighted by Gasteiger charge is 2.14. The Bertz CT molecular complexity index is 899. The zero-order valence-electron chi connectivity index (χ0n) is 14.4. The van der Waals surface area contributed by atoms with Gasteiger partial charge in [-0.25, -0.2) is 4.98 Å². The monoisotopic (exact) mass is 318 g/mol. The van der Waals surface area contributed by atoms with Crippen LogP contribution in [0.25, 0.3) is 22.2 Å². The summed E-state index contributed by atoms with van der Waals surface area (Å²) < 4.78 is 0. The third-order valence-electron chi connectivity index (χ3n) is 4.15. The third-order valence-corrected chi connectivity index (χ3v) is 4.15. The fraction of sp³-hybridized carbons (Fsp3) is 0.238. The number of carbonyl (C=O) groups excluding carboxylic acids is 1. The minimum absolute atomic E-state index is 0.0403. The SMILES string of the molecule is CCCNC(=O)c1cc(-c2ccc(C)cc2C)nc2ccccc12. The Kier molecular flexibility index (Phi) is 4.61. The predicted molar refractivity (Wildman–Crippen MR) is 99.3 cm³/mol. The van der Waals surface area contributed by atoms with Crippen LogP contribution in [0.3, 0.4) is 0 Å². The lowest BCUT2D eigenvalue weighted by molar-refractivity contribution is 0.0955. The van der Waals surface area contributed by atoms with Gasteiger partial charge in [0, 0.05) is 17.5 Å². The molecule has 1 N–H and O–H groups in total. The van der Waals surface area contributed by atoms with Gasteiger partial charge in [0.15, 0.2) is 0 Å². The lowest BCUT2D eigenvalue weighted by Crippen LogP contribution is -2.24. The van der Waals surface area contributed by atoms with Crippen molar-refractivity contribution < 1.29 is 4.79 Å². The summed E-state index contributed by atoms with van der Waals surface area (Å²) in [6.07, 6.45) is 0.915. The number of pyridine rings is 1. The predicted octanol–water partition coefficient (Wildman–Crippen LogP) is 4.66. The van der Waals surface area contributed by atoms with Crippen LogP contribution in [0, 0.1) is 13.8 Å². The number of amides is 1. The van der Waals surface area contributed by atoms with Crippen molar-refractivity contribution in [3.05, 3.63) is 65.2 Å². The average Bonchev–Trinajstić information content (AvgIpc) is 2.58. The second kappa shape index (κ2) is 6.83. The van der Waals surface area contributed by atoms with Gasteiger partial charge in [0.1, 0.15) is 0 Å². The normalized spacial score (nSPS) is 10.8. The molecule has 0 atom stereocenters. The summed E-state index contributed by atoms with van der Waals surface area (Å²) in [6, 6.07) is 16.0. The summed E-state index contributed by atoms with van der Waals surface area (Å²) in [7, 11) is 0. The van der Waals surface area contributed by atoms with Crippen LogP contribution in [0.5, 0.6) is 0 Å². The third kappa shape index (κ3) is 3.16. The number of nitrogens with one attached hydrogen (secondary N) is 1. The minimum Gasteiger partial charge on any atom is -0.352 e. The van der Waals surface area contributed by atoms with E-state index in [1.807, 2.05) is 37.3 Å². The van der Waals surface area contributed by atoms with Crippen molar-refractivity contribution in [2.45, 2.75) is 27.2 Å². The van der Waals surface area contributed by atoms with Gasteiger partial charge in [-0.15, -0.1) is 0 Å². The smallest absolute Gasteiger partial charge is 0.252 e. The molecule has 0 fully saturated rings. The number of nitrogens with zero attached hydrogens (tertiary/aromatic N) is 1. The summed E-state index contributed by atoms with van der Waals surface area (Å²) in [6.45, 7) is 6.88. The molecule has 3 heteroatoms. The molecule has 2 aromatic carbocycles. The number of hydrogen-bond acceptors (Lipinski definition) is 2. The molecule has 3 aromatic rings. The van der Waals surface area contributed by atoms with Crippen molar-refractivity contribution in [2.75, 3.05) is 6.54 Å². The highest BCUT2D eigenvalue weighted by molar-refractivity contribution is 6.07. The van der Waals surface area contributed by atoms with E-state index >= 15 is 0 Å². The van der Waals surface area contributed by atoms with Crippen LogP contribution < -0.4 is 5.32 Å². The van der Waals surface area contributed by atoms with Gasteiger partial charge in [0.05, 0.1) is 16.8 Å². The molecule has 1 amide bonds. The number of aryl methyl sites for hydroxylation is 2. The quantitative estimate of drug-likeness (QED) is 0.760. The lowest BCUT2D eigenvalue weighted by atomic mass is 9.99. The van der Waals surface area contributed by atoms with E-state index in [9.17, 15) is 4.79 Å². The maximum Gasteiger partial charge on any atom is 0.252 e. The van der Waals surface area contributed by atoms with Crippen LogP contribution in [-0.4, -0.2) is 17.4 Å². The molecule has 3 nitrogen and oxygen atoms in total. The average molecular weight is 318 g/mol. The molecule has 0 aliphatic carbocycles. The van der Waals surface area contributed by atoms with Crippen LogP contribution in [0.2, 0.25) is 0 Å². The molecule has 0 bridgehead atoms. The van der Waals surface area contributed by atoms with Gasteiger partial charge in [0.2, 0.25) is 0 Å². The highest BCUT2D eigenvalue weighted by atomic mass is 16.1. The number of hydrogen-bond donors (Lipinski definition) is 1. The first-order valence-corrected chi connectivity index (χ1v) is 8.35. The second-order valence-electron chi connectivity index (χ2n) is 6.15. The van der Waals surface area contributed by atoms with Crippen LogP contribution in [0.15, 0.2) is 48.5 Å². The summed E-state index contributed by atoms with van der Waals surface area (Å²) in [4.78, 5) is 17.4. The topological polar surface area (TPSA) is 42.0 Å². The fourth-order valence-corrected chi connectivity index (χ4v) is 2.94. The van der Waals surface area contributed by atoms with Crippen molar-refractivity contribution in [3.8, 4) is 11.3 Å². The largest absolute Gasteiger partial charge is 0.352 e. The van der Waals surface area contributed by atoms with E-state index in [1.54, 1.807) is 0 Å². The molecular weight excluding hydrogens is 296 g/mol. The zero-order chi connectivity index (χ0) is 17.1. The molecule has 0 saturated heterocycles. The second-order valence-corrected chi connectivity index (χ2v) is 6.15. The van der Waals surface area contributed by atoms with Gasteiger partial charge in [-0.1, -0.05) is 48.9 Å². The molecule has 1 aromatic heterocycles. The molecule has 0 aliphatic rings. The van der Waals surface area contributed by atoms with E-state index in [0.717, 1.165) is 34.1 Å². The molecule has 0 spiro atoms. The van der Waals surface area contributed by atoms with Gasteiger partial charge < -0.3 is 5.32 Å². The Hall–Kier alpha value is -2.68. The molecule has 0 aliphatic heterocycles. The van der Waals surface area contributed by atoms with Gasteiger partial charge >= 0.3 is 0 Å². The molecule has 24 heavy (non-hydrogen) atoms. The van der Waals surface area contributed by atoms with E-state index in [4.69, 9.17) is 4.98 Å². The summed E-state index contributed by atoms with van der Waals surface area (Å²) in [5.41, 5.74) is 5.82. The summed E-state index contributed by atoms with van der Waals surface area (Å²) in [5, 5.41) is 3.86. The fourth-order valence-electron chi connectivity index (χ4n) is 2.94. The highest BCUT2D eigenvalue weighted by Crippen LogP contribution is 2.27. The van der Waals surface area contributed by atoms with E-state index in [1.165, 1.54) is 5.56 Å². The first-order chi connectivity index (χ1) is 11.6. The number of para-hydroxylation sites is 1. The Labute approximate surface area is 142 Å². The van der Waals surface area contributed by atoms with E-state index < -0.39 is 0 Å². The Balaban J connectivity index is 2.18. The summed E-state index contributed by atoms with van der Waals surface area (Å²) >= 11 is 0. The number of rotatable bonds is 4. The maximum absolute atomic E-state index is 12.6. The van der Waals surface area contributed by atoms with Crippen molar-refractivity contribution >= 4 is 16.8 Å². The lowest BCUT2D eigenvalue weighted by Gasteiger charge is -2.12. The first kappa shape index (κ1) is 16.2. The molecule has 0 saturated carbocycles. The van der Waals surface area contributed by atoms with Gasteiger partial charge in [-0.2, -0.15) is 0 Å². The zero-order valence-corrected chi connectivity index (χ0v) is 14.4. The molecule has 122 valence electrons. The standard InChI is InChI=1S/C21H22N2O/c1-4-11-22-21(24)18-13-20(16-10-9-14(2)12-15(16)3)23-19-8-6-5-7-17(18)19/h5-10,12-13H,4,11H2,1-3H3,(H,22,24). The minimum atomic E-state index is -0.0403. The Morgan fingerprint density at radius 1 is 1.08 bits per heavy atom. The van der Waals surface area contributed by atoms with Gasteiger partial charge in [0.25, 0.3) is 5.91 Å². The molecule has 1 heterocycles. The Morgan fingerprint density at radius 3 is 2.62 bits per heavy atom. The maximum atomic E-state index is 12.6. The van der Waals surface area contributed by atoms with Crippen LogP contribution in [-0.2, 0) is 0 Å². The van der Waals surface area contributed by atoms with Crippen molar-refractivity contribution in [1.29, 1.82) is 0 Å². The molecule has 0 radical (unpaired) electrons. The van der Waals surface area contributed by atoms with E-state index in [-0.39, 0.29) is 5.91 Å². The number of carbonyl (C=O) groups is 1. The number of benzene rings is 2. The molecular formula is C21H22N2O. The number of fused-ring (bicyclic) bond motifs is 1. The van der Waals surface area contributed by atoms with Crippen molar-refractivity contribution in [2.24, 2.45) is 0 Å². The molecule has 0 unspecified atom stereocenters. The molecule has 3 rings (SSSR count). The van der Waals surface area contributed by atoms with Crippen LogP contribution in [0.4, 0.5) is 0 Å². The van der Waals surface area contributed by atoms with Crippen molar-refractivity contribution in [3.63, 3.8) is 0 Å². The van der Waals surface area contributed by atoms with Crippen LogP contribution in [0.1, 0.15) is 34.8 Å². The van der Waals surface area contributed by atoms with Gasteiger partial charge in [-0.3, -0.25) is 4.79 Å². The van der Waals surface area contributed by atoms with Gasteiger partial charge in [-0.05, 0) is 38.0 Å². The van der Waals surface area contributed by atoms with Crippen molar-refractivity contribution in [1.82, 2.24) is 10.3 Å². The Morgan fingerprint density at radius 2 is 1.88 bits per heavy atom. The van der Waals surface area contributed by atoms with E-state index in [2.05, 4.69) is 37.4 Å². The first-order valence-electron chi connectivity index (χ1n) is 8.35. The summed E-state index contributed by atoms with van der Waals surface area (Å²) in [5.74, 6) is -0.0403.